The monoisotopic (exact) mass is 626 g/mol. The summed E-state index contributed by atoms with van der Waals surface area (Å²) in [4.78, 5) is 0. The summed E-state index contributed by atoms with van der Waals surface area (Å²) in [5.74, 6) is -13.7. The van der Waals surface area contributed by atoms with Crippen molar-refractivity contribution in [3.05, 3.63) is 112 Å². The summed E-state index contributed by atoms with van der Waals surface area (Å²) >= 11 is 0. The lowest BCUT2D eigenvalue weighted by Crippen LogP contribution is -2.25. The molecule has 5 rings (SSSR count). The smallest absolute Gasteiger partial charge is 0.429 e. The van der Waals surface area contributed by atoms with Crippen LogP contribution in [0.3, 0.4) is 0 Å². The van der Waals surface area contributed by atoms with Crippen LogP contribution in [-0.2, 0) is 6.11 Å². The average Bonchev–Trinajstić information content (AvgIpc) is 2.94. The minimum atomic E-state index is -4.89. The largest absolute Gasteiger partial charge is 0.432 e. The van der Waals surface area contributed by atoms with Crippen molar-refractivity contribution in [3.8, 4) is 28.0 Å². The van der Waals surface area contributed by atoms with Crippen molar-refractivity contribution in [2.45, 2.75) is 51.1 Å². The zero-order valence-corrected chi connectivity index (χ0v) is 23.1. The Morgan fingerprint density at radius 2 is 1.18 bits per heavy atom. The van der Waals surface area contributed by atoms with E-state index in [1.165, 1.54) is 12.1 Å². The molecule has 0 aromatic heterocycles. The molecule has 0 heterocycles. The van der Waals surface area contributed by atoms with Gasteiger partial charge in [0.25, 0.3) is 0 Å². The van der Waals surface area contributed by atoms with E-state index in [4.69, 9.17) is 0 Å². The van der Waals surface area contributed by atoms with Gasteiger partial charge in [-0.15, -0.1) is 0 Å². The highest BCUT2D eigenvalue weighted by Gasteiger charge is 2.42. The van der Waals surface area contributed by atoms with E-state index in [1.807, 2.05) is 0 Å². The van der Waals surface area contributed by atoms with E-state index < -0.39 is 75.1 Å². The number of rotatable bonds is 7. The first-order chi connectivity index (χ1) is 20.8. The van der Waals surface area contributed by atoms with E-state index in [1.54, 1.807) is 6.07 Å². The summed E-state index contributed by atoms with van der Waals surface area (Å²) in [5, 5.41) is 0. The molecule has 1 aliphatic rings. The van der Waals surface area contributed by atoms with Crippen LogP contribution in [0.25, 0.3) is 22.3 Å². The normalized spacial score (nSPS) is 17.2. The highest BCUT2D eigenvalue weighted by Crippen LogP contribution is 2.41. The molecule has 0 atom stereocenters. The molecule has 0 bridgehead atoms. The van der Waals surface area contributed by atoms with Gasteiger partial charge >= 0.3 is 6.11 Å². The summed E-state index contributed by atoms with van der Waals surface area (Å²) in [6, 6.07) is 6.43. The number of ether oxygens (including phenoxy) is 1. The summed E-state index contributed by atoms with van der Waals surface area (Å²) in [5.41, 5.74) is -3.35. The van der Waals surface area contributed by atoms with Crippen LogP contribution in [0.5, 0.6) is 5.75 Å². The molecule has 0 aliphatic heterocycles. The zero-order chi connectivity index (χ0) is 31.9. The maximum Gasteiger partial charge on any atom is 0.432 e. The van der Waals surface area contributed by atoms with Crippen LogP contribution < -0.4 is 4.74 Å². The van der Waals surface area contributed by atoms with Crippen molar-refractivity contribution in [2.75, 3.05) is 0 Å². The summed E-state index contributed by atoms with van der Waals surface area (Å²) in [6.45, 7) is 2.13. The molecule has 1 aliphatic carbocycles. The fourth-order valence-electron chi connectivity index (χ4n) is 5.71. The molecule has 0 spiro atoms. The van der Waals surface area contributed by atoms with Gasteiger partial charge in [0.2, 0.25) is 0 Å². The molecule has 4 aromatic carbocycles. The van der Waals surface area contributed by atoms with Crippen molar-refractivity contribution in [2.24, 2.45) is 5.92 Å². The molecule has 0 unspecified atom stereocenters. The molecule has 0 radical (unpaired) electrons. The molecule has 4 aromatic rings. The van der Waals surface area contributed by atoms with Crippen LogP contribution in [0, 0.1) is 52.5 Å². The third kappa shape index (κ3) is 6.14. The SMILES string of the molecule is CCC1CCC(c2ccc(-c3cc(F)c(-c4cc(F)c(C(F)(F)Oc5cc(F)c(F)c(F)c5)c(F)c4)c(F)c3)c(F)c2)CC1. The Kier molecular flexibility index (Phi) is 8.68. The topological polar surface area (TPSA) is 9.23 Å². The van der Waals surface area contributed by atoms with E-state index >= 15 is 13.2 Å². The maximum absolute atomic E-state index is 15.2. The summed E-state index contributed by atoms with van der Waals surface area (Å²) in [6.07, 6.45) is 0.0705. The van der Waals surface area contributed by atoms with Crippen molar-refractivity contribution in [3.63, 3.8) is 0 Å². The number of hydrogen-bond acceptors (Lipinski definition) is 1. The van der Waals surface area contributed by atoms with Crippen LogP contribution in [0.15, 0.2) is 54.6 Å². The third-order valence-corrected chi connectivity index (χ3v) is 8.07. The van der Waals surface area contributed by atoms with E-state index in [-0.39, 0.29) is 41.3 Å². The van der Waals surface area contributed by atoms with Gasteiger partial charge in [0.05, 0.1) is 5.56 Å². The lowest BCUT2D eigenvalue weighted by Gasteiger charge is -2.28. The summed E-state index contributed by atoms with van der Waals surface area (Å²) < 4.78 is 148. The minimum Gasteiger partial charge on any atom is -0.429 e. The van der Waals surface area contributed by atoms with Crippen molar-refractivity contribution >= 4 is 0 Å². The fourth-order valence-corrected chi connectivity index (χ4v) is 5.71. The molecule has 0 saturated heterocycles. The molecule has 0 N–H and O–H groups in total. The van der Waals surface area contributed by atoms with Gasteiger partial charge in [0, 0.05) is 17.7 Å². The van der Waals surface area contributed by atoms with Gasteiger partial charge in [-0.2, -0.15) is 8.78 Å². The molecule has 1 saturated carbocycles. The van der Waals surface area contributed by atoms with E-state index in [0.29, 0.717) is 5.92 Å². The standard InChI is InChI=1S/C33H24F10O/c1-2-16-3-5-17(6-4-16)18-7-8-22(23(34)9-18)19-10-24(35)30(25(36)11-19)20-12-26(37)31(27(38)13-20)33(42,43)44-21-14-28(39)32(41)29(40)15-21/h7-17H,2-6H2,1H3. The Morgan fingerprint density at radius 3 is 1.70 bits per heavy atom. The van der Waals surface area contributed by atoms with Crippen LogP contribution in [0.1, 0.15) is 56.1 Å². The van der Waals surface area contributed by atoms with Gasteiger partial charge in [-0.25, -0.2) is 35.1 Å². The van der Waals surface area contributed by atoms with Crippen LogP contribution in [0.2, 0.25) is 0 Å². The molecule has 232 valence electrons. The molecular formula is C33H24F10O. The third-order valence-electron chi connectivity index (χ3n) is 8.07. The van der Waals surface area contributed by atoms with Crippen molar-refractivity contribution in [1.29, 1.82) is 0 Å². The Balaban J connectivity index is 1.42. The minimum absolute atomic E-state index is 0.0384. The molecule has 44 heavy (non-hydrogen) atoms. The Morgan fingerprint density at radius 1 is 0.636 bits per heavy atom. The fraction of sp³-hybridized carbons (Fsp3) is 0.273. The summed E-state index contributed by atoms with van der Waals surface area (Å²) in [7, 11) is 0. The lowest BCUT2D eigenvalue weighted by atomic mass is 9.77. The lowest BCUT2D eigenvalue weighted by molar-refractivity contribution is -0.189. The van der Waals surface area contributed by atoms with Crippen LogP contribution in [-0.4, -0.2) is 0 Å². The van der Waals surface area contributed by atoms with Crippen molar-refractivity contribution in [1.82, 2.24) is 0 Å². The van der Waals surface area contributed by atoms with Crippen LogP contribution in [0.4, 0.5) is 43.9 Å². The van der Waals surface area contributed by atoms with E-state index in [2.05, 4.69) is 11.7 Å². The highest BCUT2D eigenvalue weighted by molar-refractivity contribution is 5.72. The Hall–Kier alpha value is -4.02. The number of hydrogen-bond donors (Lipinski definition) is 0. The first-order valence-corrected chi connectivity index (χ1v) is 13.8. The van der Waals surface area contributed by atoms with E-state index in [9.17, 15) is 30.7 Å². The predicted molar refractivity (Wildman–Crippen MR) is 143 cm³/mol. The van der Waals surface area contributed by atoms with Gasteiger partial charge in [-0.05, 0) is 84.5 Å². The highest BCUT2D eigenvalue weighted by atomic mass is 19.3. The molecule has 0 amide bonds. The van der Waals surface area contributed by atoms with Gasteiger partial charge in [-0.3, -0.25) is 0 Å². The van der Waals surface area contributed by atoms with Gasteiger partial charge in [0.15, 0.2) is 17.5 Å². The van der Waals surface area contributed by atoms with Gasteiger partial charge in [0.1, 0.15) is 40.4 Å². The first-order valence-electron chi connectivity index (χ1n) is 13.8. The quantitative estimate of drug-likeness (QED) is 0.147. The number of benzene rings is 4. The molecular weight excluding hydrogens is 602 g/mol. The molecule has 1 fully saturated rings. The Labute approximate surface area is 246 Å². The number of alkyl halides is 2. The van der Waals surface area contributed by atoms with E-state index in [0.717, 1.165) is 49.8 Å². The van der Waals surface area contributed by atoms with Gasteiger partial charge < -0.3 is 4.74 Å². The Bertz CT molecular complexity index is 1640. The second-order valence-electron chi connectivity index (χ2n) is 10.8. The molecule has 11 heteroatoms. The van der Waals surface area contributed by atoms with Gasteiger partial charge in [-0.1, -0.05) is 25.5 Å². The molecule has 1 nitrogen and oxygen atoms in total. The first kappa shape index (κ1) is 31.4. The van der Waals surface area contributed by atoms with Crippen molar-refractivity contribution < 1.29 is 48.6 Å². The predicted octanol–water partition coefficient (Wildman–Crippen LogP) is 10.9. The number of halogens is 10. The average molecular weight is 627 g/mol. The second kappa shape index (κ2) is 12.2. The maximum atomic E-state index is 15.2. The van der Waals surface area contributed by atoms with Crippen LogP contribution >= 0.6 is 0 Å². The second-order valence-corrected chi connectivity index (χ2v) is 10.8. The zero-order valence-electron chi connectivity index (χ0n) is 23.1.